The van der Waals surface area contributed by atoms with E-state index >= 15 is 0 Å². The van der Waals surface area contributed by atoms with Crippen molar-refractivity contribution in [3.05, 3.63) is 40.5 Å². The Morgan fingerprint density at radius 3 is 2.75 bits per heavy atom. The Balaban J connectivity index is 2.05. The molecule has 1 aromatic carbocycles. The van der Waals surface area contributed by atoms with Crippen LogP contribution in [0.15, 0.2) is 29.0 Å². The lowest BCUT2D eigenvalue weighted by Gasteiger charge is -2.21. The molecule has 4 nitrogen and oxygen atoms in total. The number of benzene rings is 1. The zero-order chi connectivity index (χ0) is 14.3. The molecule has 3 rings (SSSR count). The Hall–Kier alpha value is -1.69. The van der Waals surface area contributed by atoms with Gasteiger partial charge in [-0.15, -0.1) is 0 Å². The fourth-order valence-electron chi connectivity index (χ4n) is 2.56. The number of carboxylic acid groups (broad SMARTS) is 1. The van der Waals surface area contributed by atoms with E-state index in [4.69, 9.17) is 0 Å². The van der Waals surface area contributed by atoms with E-state index < -0.39 is 5.97 Å². The smallest absolute Gasteiger partial charge is 0.306 e. The number of aliphatic carboxylic acids is 1. The van der Waals surface area contributed by atoms with Gasteiger partial charge in [-0.05, 0) is 46.6 Å². The van der Waals surface area contributed by atoms with Crippen LogP contribution >= 0.6 is 15.9 Å². The average Bonchev–Trinajstić information content (AvgIpc) is 2.76. The Morgan fingerprint density at radius 1 is 1.40 bits per heavy atom. The number of rotatable bonds is 2. The molecule has 104 valence electrons. The minimum absolute atomic E-state index is 0.302. The third-order valence-corrected chi connectivity index (χ3v) is 4.24. The summed E-state index contributed by atoms with van der Waals surface area (Å²) in [6, 6.07) is 6.09. The first-order chi connectivity index (χ1) is 9.56. The molecule has 2 heterocycles. The highest BCUT2D eigenvalue weighted by atomic mass is 79.9. The molecule has 2 aromatic rings. The van der Waals surface area contributed by atoms with Crippen molar-refractivity contribution in [2.75, 3.05) is 0 Å². The van der Waals surface area contributed by atoms with Gasteiger partial charge in [-0.1, -0.05) is 0 Å². The summed E-state index contributed by atoms with van der Waals surface area (Å²) in [5, 5.41) is 9.18. The summed E-state index contributed by atoms with van der Waals surface area (Å²) in [7, 11) is 0. The molecule has 1 aliphatic heterocycles. The molecule has 0 saturated heterocycles. The lowest BCUT2D eigenvalue weighted by Crippen LogP contribution is -2.25. The minimum atomic E-state index is -0.779. The Bertz CT molecular complexity index is 667. The van der Waals surface area contributed by atoms with E-state index in [-0.39, 0.29) is 11.7 Å². The average molecular weight is 339 g/mol. The van der Waals surface area contributed by atoms with E-state index in [9.17, 15) is 14.3 Å². The summed E-state index contributed by atoms with van der Waals surface area (Å²) in [5.41, 5.74) is 2.41. The Morgan fingerprint density at radius 2 is 2.10 bits per heavy atom. The third kappa shape index (κ3) is 2.24. The van der Waals surface area contributed by atoms with Crippen LogP contribution in [0.5, 0.6) is 0 Å². The van der Waals surface area contributed by atoms with Crippen LogP contribution in [0, 0.1) is 11.7 Å². The van der Waals surface area contributed by atoms with Crippen LogP contribution < -0.4 is 0 Å². The van der Waals surface area contributed by atoms with Crippen LogP contribution in [-0.2, 0) is 17.8 Å². The normalized spacial score (nSPS) is 17.8. The predicted molar refractivity (Wildman–Crippen MR) is 74.8 cm³/mol. The maximum Gasteiger partial charge on any atom is 0.306 e. The first-order valence-corrected chi connectivity index (χ1v) is 7.09. The van der Waals surface area contributed by atoms with Crippen LogP contribution in [0.2, 0.25) is 0 Å². The number of aromatic nitrogens is 2. The number of carbonyl (C=O) groups is 1. The highest BCUT2D eigenvalue weighted by Crippen LogP contribution is 2.33. The second-order valence-electron chi connectivity index (χ2n) is 4.86. The van der Waals surface area contributed by atoms with Gasteiger partial charge in [-0.25, -0.2) is 9.37 Å². The Kier molecular flexibility index (Phi) is 3.33. The fourth-order valence-corrected chi connectivity index (χ4v) is 3.13. The van der Waals surface area contributed by atoms with Gasteiger partial charge in [0, 0.05) is 24.2 Å². The lowest BCUT2D eigenvalue weighted by atomic mass is 9.94. The number of imidazole rings is 1. The summed E-state index contributed by atoms with van der Waals surface area (Å²) in [6.45, 7) is 0.626. The maximum absolute atomic E-state index is 13.0. The predicted octanol–water partition coefficient (Wildman–Crippen LogP) is 3.10. The molecule has 1 aromatic heterocycles. The standard InChI is InChI=1S/C14H12BrFN2O2/c15-14-17-12(8-1-3-10(16)4-2-8)11-7-9(13(19)20)5-6-18(11)14/h1-4,9H,5-7H2,(H,19,20). The highest BCUT2D eigenvalue weighted by Gasteiger charge is 2.29. The van der Waals surface area contributed by atoms with Gasteiger partial charge in [-0.2, -0.15) is 0 Å². The van der Waals surface area contributed by atoms with Gasteiger partial charge in [0.25, 0.3) is 0 Å². The van der Waals surface area contributed by atoms with Gasteiger partial charge in [0.05, 0.1) is 11.6 Å². The molecule has 0 aliphatic carbocycles. The molecule has 0 fully saturated rings. The van der Waals surface area contributed by atoms with Crippen LogP contribution in [0.1, 0.15) is 12.1 Å². The van der Waals surface area contributed by atoms with Crippen molar-refractivity contribution >= 4 is 21.9 Å². The molecule has 0 amide bonds. The molecule has 1 unspecified atom stereocenters. The van der Waals surface area contributed by atoms with Crippen molar-refractivity contribution in [1.82, 2.24) is 9.55 Å². The van der Waals surface area contributed by atoms with E-state index in [1.54, 1.807) is 12.1 Å². The molecule has 6 heteroatoms. The van der Waals surface area contributed by atoms with Crippen molar-refractivity contribution in [3.63, 3.8) is 0 Å². The van der Waals surface area contributed by atoms with Crippen LogP contribution in [0.25, 0.3) is 11.3 Å². The van der Waals surface area contributed by atoms with Crippen molar-refractivity contribution < 1.29 is 14.3 Å². The molecule has 0 spiro atoms. The summed E-state index contributed by atoms with van der Waals surface area (Å²) in [5.74, 6) is -1.46. The number of halogens is 2. The molecule has 1 aliphatic rings. The molecule has 20 heavy (non-hydrogen) atoms. The van der Waals surface area contributed by atoms with Crippen molar-refractivity contribution in [2.45, 2.75) is 19.4 Å². The number of carboxylic acids is 1. The van der Waals surface area contributed by atoms with Crippen molar-refractivity contribution in [3.8, 4) is 11.3 Å². The van der Waals surface area contributed by atoms with E-state index in [1.165, 1.54) is 12.1 Å². The molecule has 1 atom stereocenters. The molecular formula is C14H12BrFN2O2. The summed E-state index contributed by atoms with van der Waals surface area (Å²) < 4.78 is 15.7. The number of nitrogens with zero attached hydrogens (tertiary/aromatic N) is 2. The van der Waals surface area contributed by atoms with Gasteiger partial charge >= 0.3 is 5.97 Å². The zero-order valence-electron chi connectivity index (χ0n) is 10.5. The molecular weight excluding hydrogens is 327 g/mol. The molecule has 1 N–H and O–H groups in total. The topological polar surface area (TPSA) is 55.1 Å². The van der Waals surface area contributed by atoms with Crippen LogP contribution in [0.3, 0.4) is 0 Å². The van der Waals surface area contributed by atoms with Crippen LogP contribution in [-0.4, -0.2) is 20.6 Å². The minimum Gasteiger partial charge on any atom is -0.481 e. The molecule has 0 bridgehead atoms. The van der Waals surface area contributed by atoms with E-state index in [2.05, 4.69) is 20.9 Å². The second kappa shape index (κ2) is 5.01. The summed E-state index contributed by atoms with van der Waals surface area (Å²) >= 11 is 3.40. The Labute approximate surface area is 123 Å². The van der Waals surface area contributed by atoms with E-state index in [0.29, 0.717) is 24.1 Å². The SMILES string of the molecule is O=C(O)C1CCn2c(Br)nc(-c3ccc(F)cc3)c2C1. The fraction of sp³-hybridized carbons (Fsp3) is 0.286. The van der Waals surface area contributed by atoms with Gasteiger partial charge in [-0.3, -0.25) is 4.79 Å². The van der Waals surface area contributed by atoms with E-state index in [0.717, 1.165) is 17.0 Å². The number of hydrogen-bond acceptors (Lipinski definition) is 2. The first kappa shape index (κ1) is 13.3. The number of hydrogen-bond donors (Lipinski definition) is 1. The van der Waals surface area contributed by atoms with Gasteiger partial charge in [0.15, 0.2) is 4.73 Å². The first-order valence-electron chi connectivity index (χ1n) is 6.30. The van der Waals surface area contributed by atoms with Crippen molar-refractivity contribution in [2.24, 2.45) is 5.92 Å². The second-order valence-corrected chi connectivity index (χ2v) is 5.57. The van der Waals surface area contributed by atoms with Gasteiger partial charge < -0.3 is 9.67 Å². The van der Waals surface area contributed by atoms with Gasteiger partial charge in [0.2, 0.25) is 0 Å². The largest absolute Gasteiger partial charge is 0.481 e. The third-order valence-electron chi connectivity index (χ3n) is 3.63. The molecule has 0 saturated carbocycles. The molecule has 0 radical (unpaired) electrons. The van der Waals surface area contributed by atoms with Crippen LogP contribution in [0.4, 0.5) is 4.39 Å². The van der Waals surface area contributed by atoms with Crippen molar-refractivity contribution in [1.29, 1.82) is 0 Å². The lowest BCUT2D eigenvalue weighted by molar-refractivity contribution is -0.142. The monoisotopic (exact) mass is 338 g/mol. The van der Waals surface area contributed by atoms with Gasteiger partial charge in [0.1, 0.15) is 5.82 Å². The van der Waals surface area contributed by atoms with E-state index in [1.807, 2.05) is 4.57 Å². The highest BCUT2D eigenvalue weighted by molar-refractivity contribution is 9.10. The maximum atomic E-state index is 13.0. The quantitative estimate of drug-likeness (QED) is 0.915. The summed E-state index contributed by atoms with van der Waals surface area (Å²) in [6.07, 6.45) is 1.04. The summed E-state index contributed by atoms with van der Waals surface area (Å²) in [4.78, 5) is 15.6. The zero-order valence-corrected chi connectivity index (χ0v) is 12.1. The number of fused-ring (bicyclic) bond motifs is 1.